The maximum atomic E-state index is 5.58. The third kappa shape index (κ3) is 3.04. The summed E-state index contributed by atoms with van der Waals surface area (Å²) in [7, 11) is 0. The van der Waals surface area contributed by atoms with Crippen LogP contribution >= 0.6 is 0 Å². The molecular formula is C12H20N2. The van der Waals surface area contributed by atoms with Crippen LogP contribution in [0.1, 0.15) is 31.9 Å². The van der Waals surface area contributed by atoms with Crippen molar-refractivity contribution in [1.82, 2.24) is 0 Å². The molecule has 0 atom stereocenters. The number of anilines is 1. The number of aryl methyl sites for hydroxylation is 1. The Hall–Kier alpha value is -1.02. The molecule has 78 valence electrons. The van der Waals surface area contributed by atoms with Crippen molar-refractivity contribution in [3.63, 3.8) is 0 Å². The first-order valence-electron chi connectivity index (χ1n) is 5.00. The van der Waals surface area contributed by atoms with Gasteiger partial charge >= 0.3 is 0 Å². The van der Waals surface area contributed by atoms with Crippen LogP contribution in [-0.2, 0) is 6.54 Å². The van der Waals surface area contributed by atoms with Crippen molar-refractivity contribution in [1.29, 1.82) is 0 Å². The second-order valence-corrected chi connectivity index (χ2v) is 4.73. The average Bonchev–Trinajstić information content (AvgIpc) is 2.06. The van der Waals surface area contributed by atoms with E-state index in [0.717, 1.165) is 0 Å². The Bertz CT molecular complexity index is 311. The van der Waals surface area contributed by atoms with Crippen molar-refractivity contribution in [3.05, 3.63) is 29.3 Å². The topological polar surface area (TPSA) is 38.0 Å². The van der Waals surface area contributed by atoms with Crippen molar-refractivity contribution in [3.8, 4) is 0 Å². The maximum Gasteiger partial charge on any atom is 0.0374 e. The van der Waals surface area contributed by atoms with Gasteiger partial charge in [0.2, 0.25) is 0 Å². The summed E-state index contributed by atoms with van der Waals surface area (Å²) in [6, 6.07) is 6.30. The van der Waals surface area contributed by atoms with Crippen LogP contribution in [0.5, 0.6) is 0 Å². The van der Waals surface area contributed by atoms with E-state index in [4.69, 9.17) is 5.73 Å². The molecule has 0 amide bonds. The van der Waals surface area contributed by atoms with Gasteiger partial charge in [-0.25, -0.2) is 0 Å². The molecule has 0 aliphatic rings. The monoisotopic (exact) mass is 192 g/mol. The summed E-state index contributed by atoms with van der Waals surface area (Å²) in [5, 5.41) is 3.46. The molecule has 1 rings (SSSR count). The molecule has 0 saturated heterocycles. The molecule has 2 nitrogen and oxygen atoms in total. The lowest BCUT2D eigenvalue weighted by atomic mass is 10.1. The maximum absolute atomic E-state index is 5.58. The highest BCUT2D eigenvalue weighted by Crippen LogP contribution is 2.20. The van der Waals surface area contributed by atoms with E-state index in [0.29, 0.717) is 6.54 Å². The molecule has 0 radical (unpaired) electrons. The molecule has 0 unspecified atom stereocenters. The molecule has 0 aliphatic heterocycles. The second-order valence-electron chi connectivity index (χ2n) is 4.73. The molecule has 1 aromatic rings. The van der Waals surface area contributed by atoms with Crippen molar-refractivity contribution in [2.45, 2.75) is 39.8 Å². The van der Waals surface area contributed by atoms with E-state index in [1.165, 1.54) is 16.8 Å². The van der Waals surface area contributed by atoms with Crippen LogP contribution in [-0.4, -0.2) is 5.54 Å². The number of nitrogens with two attached hydrogens (primary N) is 1. The van der Waals surface area contributed by atoms with Crippen LogP contribution < -0.4 is 11.1 Å². The zero-order chi connectivity index (χ0) is 10.8. The van der Waals surface area contributed by atoms with E-state index >= 15 is 0 Å². The first-order valence-corrected chi connectivity index (χ1v) is 5.00. The van der Waals surface area contributed by atoms with Gasteiger partial charge in [-0.2, -0.15) is 0 Å². The van der Waals surface area contributed by atoms with Crippen molar-refractivity contribution < 1.29 is 0 Å². The lowest BCUT2D eigenvalue weighted by Crippen LogP contribution is -2.26. The molecule has 0 aliphatic carbocycles. The number of benzene rings is 1. The predicted molar refractivity (Wildman–Crippen MR) is 62.4 cm³/mol. The SMILES string of the molecule is Cc1cc(CN)ccc1NC(C)(C)C. The standard InChI is InChI=1S/C12H20N2/c1-9-7-10(8-13)5-6-11(9)14-12(2,3)4/h5-7,14H,8,13H2,1-4H3. The van der Waals surface area contributed by atoms with Gasteiger partial charge in [-0.1, -0.05) is 12.1 Å². The number of rotatable bonds is 2. The highest BCUT2D eigenvalue weighted by Gasteiger charge is 2.10. The Morgan fingerprint density at radius 3 is 2.36 bits per heavy atom. The first kappa shape index (κ1) is 11.1. The zero-order valence-corrected chi connectivity index (χ0v) is 9.52. The summed E-state index contributed by atoms with van der Waals surface area (Å²) >= 11 is 0. The lowest BCUT2D eigenvalue weighted by molar-refractivity contribution is 0.633. The van der Waals surface area contributed by atoms with Crippen LogP contribution in [0.4, 0.5) is 5.69 Å². The van der Waals surface area contributed by atoms with Crippen molar-refractivity contribution in [2.75, 3.05) is 5.32 Å². The Labute approximate surface area is 86.5 Å². The van der Waals surface area contributed by atoms with Gasteiger partial charge in [-0.05, 0) is 44.9 Å². The normalized spacial score (nSPS) is 11.5. The molecule has 1 aromatic carbocycles. The molecule has 0 fully saturated rings. The predicted octanol–water partition coefficient (Wildman–Crippen LogP) is 2.66. The van der Waals surface area contributed by atoms with Crippen LogP contribution in [0.3, 0.4) is 0 Å². The molecule has 0 bridgehead atoms. The van der Waals surface area contributed by atoms with Gasteiger partial charge in [-0.3, -0.25) is 0 Å². The summed E-state index contributed by atoms with van der Waals surface area (Å²) in [5.41, 5.74) is 9.31. The summed E-state index contributed by atoms with van der Waals surface area (Å²) in [6.07, 6.45) is 0. The highest BCUT2D eigenvalue weighted by atomic mass is 14.9. The van der Waals surface area contributed by atoms with Crippen molar-refractivity contribution >= 4 is 5.69 Å². The summed E-state index contributed by atoms with van der Waals surface area (Å²) in [6.45, 7) is 9.18. The molecule has 14 heavy (non-hydrogen) atoms. The molecule has 0 saturated carbocycles. The van der Waals surface area contributed by atoms with E-state index in [-0.39, 0.29) is 5.54 Å². The molecule has 2 heteroatoms. The summed E-state index contributed by atoms with van der Waals surface area (Å²) < 4.78 is 0. The second kappa shape index (κ2) is 4.01. The minimum Gasteiger partial charge on any atom is -0.380 e. The van der Waals surface area contributed by atoms with E-state index in [9.17, 15) is 0 Å². The van der Waals surface area contributed by atoms with Gasteiger partial charge in [0.05, 0.1) is 0 Å². The van der Waals surface area contributed by atoms with Crippen LogP contribution in [0.15, 0.2) is 18.2 Å². The van der Waals surface area contributed by atoms with E-state index in [2.05, 4.69) is 51.2 Å². The Kier molecular flexibility index (Phi) is 3.17. The quantitative estimate of drug-likeness (QED) is 0.756. The Balaban J connectivity index is 2.89. The number of nitrogens with one attached hydrogen (secondary N) is 1. The number of hydrogen-bond donors (Lipinski definition) is 2. The van der Waals surface area contributed by atoms with E-state index < -0.39 is 0 Å². The Morgan fingerprint density at radius 2 is 1.93 bits per heavy atom. The number of hydrogen-bond acceptors (Lipinski definition) is 2. The third-order valence-corrected chi connectivity index (χ3v) is 2.04. The smallest absolute Gasteiger partial charge is 0.0374 e. The zero-order valence-electron chi connectivity index (χ0n) is 9.52. The largest absolute Gasteiger partial charge is 0.380 e. The molecule has 0 heterocycles. The third-order valence-electron chi connectivity index (χ3n) is 2.04. The van der Waals surface area contributed by atoms with Gasteiger partial charge in [-0.15, -0.1) is 0 Å². The Morgan fingerprint density at radius 1 is 1.29 bits per heavy atom. The fourth-order valence-electron chi connectivity index (χ4n) is 1.40. The van der Waals surface area contributed by atoms with Gasteiger partial charge < -0.3 is 11.1 Å². The molecule has 0 aromatic heterocycles. The fourth-order valence-corrected chi connectivity index (χ4v) is 1.40. The van der Waals surface area contributed by atoms with Crippen LogP contribution in [0.25, 0.3) is 0 Å². The lowest BCUT2D eigenvalue weighted by Gasteiger charge is -2.23. The molecule has 3 N–H and O–H groups in total. The van der Waals surface area contributed by atoms with Crippen molar-refractivity contribution in [2.24, 2.45) is 5.73 Å². The fraction of sp³-hybridized carbons (Fsp3) is 0.500. The van der Waals surface area contributed by atoms with E-state index in [1.54, 1.807) is 0 Å². The van der Waals surface area contributed by atoms with Crippen LogP contribution in [0, 0.1) is 6.92 Å². The van der Waals surface area contributed by atoms with Gasteiger partial charge in [0.1, 0.15) is 0 Å². The van der Waals surface area contributed by atoms with E-state index in [1.807, 2.05) is 0 Å². The van der Waals surface area contributed by atoms with Gasteiger partial charge in [0.25, 0.3) is 0 Å². The van der Waals surface area contributed by atoms with Crippen LogP contribution in [0.2, 0.25) is 0 Å². The first-order chi connectivity index (χ1) is 6.42. The minimum absolute atomic E-state index is 0.106. The minimum atomic E-state index is 0.106. The van der Waals surface area contributed by atoms with Gasteiger partial charge in [0.15, 0.2) is 0 Å². The summed E-state index contributed by atoms with van der Waals surface area (Å²) in [5.74, 6) is 0. The molecular weight excluding hydrogens is 172 g/mol. The van der Waals surface area contributed by atoms with Gasteiger partial charge in [0, 0.05) is 17.8 Å². The average molecular weight is 192 g/mol. The molecule has 0 spiro atoms. The highest BCUT2D eigenvalue weighted by molar-refractivity contribution is 5.53. The summed E-state index contributed by atoms with van der Waals surface area (Å²) in [4.78, 5) is 0.